The van der Waals surface area contributed by atoms with Crippen molar-refractivity contribution < 1.29 is 9.13 Å². The summed E-state index contributed by atoms with van der Waals surface area (Å²) in [6, 6.07) is 9.46. The summed E-state index contributed by atoms with van der Waals surface area (Å²) in [5, 5.41) is 7.52. The third-order valence-electron chi connectivity index (χ3n) is 2.59. The Labute approximate surface area is 118 Å². The van der Waals surface area contributed by atoms with Gasteiger partial charge in [0, 0.05) is 4.47 Å². The van der Waals surface area contributed by atoms with Crippen molar-refractivity contribution in [3.8, 4) is 11.5 Å². The van der Waals surface area contributed by atoms with E-state index in [4.69, 9.17) is 15.9 Å². The highest BCUT2D eigenvalue weighted by Gasteiger charge is 2.10. The SMILES string of the molecule is Cc1cc(F)ccc1Oc1cc(Br)ccc1C(=N)N. The zero-order valence-corrected chi connectivity index (χ0v) is 11.8. The lowest BCUT2D eigenvalue weighted by molar-refractivity contribution is 0.475. The maximum Gasteiger partial charge on any atom is 0.139 e. The average molecular weight is 323 g/mol. The first-order chi connectivity index (χ1) is 8.97. The molecule has 3 N–H and O–H groups in total. The fourth-order valence-electron chi connectivity index (χ4n) is 1.65. The molecule has 0 amide bonds. The van der Waals surface area contributed by atoms with Gasteiger partial charge in [0.15, 0.2) is 0 Å². The van der Waals surface area contributed by atoms with E-state index < -0.39 is 0 Å². The van der Waals surface area contributed by atoms with Crippen molar-refractivity contribution in [1.29, 1.82) is 5.41 Å². The molecule has 0 atom stereocenters. The van der Waals surface area contributed by atoms with Crippen molar-refractivity contribution in [2.45, 2.75) is 6.92 Å². The Balaban J connectivity index is 2.42. The summed E-state index contributed by atoms with van der Waals surface area (Å²) < 4.78 is 19.6. The van der Waals surface area contributed by atoms with Crippen molar-refractivity contribution in [2.24, 2.45) is 5.73 Å². The average Bonchev–Trinajstić information content (AvgIpc) is 2.32. The van der Waals surface area contributed by atoms with Crippen LogP contribution in [0.25, 0.3) is 0 Å². The number of nitrogens with two attached hydrogens (primary N) is 1. The van der Waals surface area contributed by atoms with Gasteiger partial charge in [-0.15, -0.1) is 0 Å². The summed E-state index contributed by atoms with van der Waals surface area (Å²) >= 11 is 3.34. The molecule has 0 aliphatic heterocycles. The van der Waals surface area contributed by atoms with E-state index in [1.807, 2.05) is 0 Å². The molecule has 0 aliphatic rings. The van der Waals surface area contributed by atoms with Crippen molar-refractivity contribution in [2.75, 3.05) is 0 Å². The Morgan fingerprint density at radius 1 is 1.21 bits per heavy atom. The van der Waals surface area contributed by atoms with Crippen LogP contribution in [0.2, 0.25) is 0 Å². The predicted molar refractivity (Wildman–Crippen MR) is 76.4 cm³/mol. The van der Waals surface area contributed by atoms with Crippen LogP contribution in [0, 0.1) is 18.2 Å². The summed E-state index contributed by atoms with van der Waals surface area (Å²) in [6.07, 6.45) is 0. The standard InChI is InChI=1S/C14H12BrFN2O/c1-8-6-10(16)3-5-12(8)19-13-7-9(15)2-4-11(13)14(17)18/h2-7H,1H3,(H3,17,18). The summed E-state index contributed by atoms with van der Waals surface area (Å²) in [6.45, 7) is 1.75. The first-order valence-corrected chi connectivity index (χ1v) is 6.34. The largest absolute Gasteiger partial charge is 0.456 e. The monoisotopic (exact) mass is 322 g/mol. The van der Waals surface area contributed by atoms with Gasteiger partial charge in [0.25, 0.3) is 0 Å². The second-order valence-corrected chi connectivity index (χ2v) is 4.98. The molecule has 2 aromatic carbocycles. The van der Waals surface area contributed by atoms with E-state index in [0.29, 0.717) is 22.6 Å². The molecule has 5 heteroatoms. The van der Waals surface area contributed by atoms with Gasteiger partial charge < -0.3 is 10.5 Å². The van der Waals surface area contributed by atoms with Crippen molar-refractivity contribution >= 4 is 21.8 Å². The molecular formula is C14H12BrFN2O. The van der Waals surface area contributed by atoms with E-state index in [-0.39, 0.29) is 11.7 Å². The van der Waals surface area contributed by atoms with Crippen molar-refractivity contribution in [1.82, 2.24) is 0 Å². The molecular weight excluding hydrogens is 311 g/mol. The van der Waals surface area contributed by atoms with Crippen LogP contribution < -0.4 is 10.5 Å². The molecule has 0 aromatic heterocycles. The highest BCUT2D eigenvalue weighted by atomic mass is 79.9. The quantitative estimate of drug-likeness (QED) is 0.663. The minimum Gasteiger partial charge on any atom is -0.456 e. The Hall–Kier alpha value is -1.88. The number of hydrogen-bond acceptors (Lipinski definition) is 2. The zero-order valence-electron chi connectivity index (χ0n) is 10.2. The van der Waals surface area contributed by atoms with Gasteiger partial charge in [0.1, 0.15) is 23.2 Å². The highest BCUT2D eigenvalue weighted by molar-refractivity contribution is 9.10. The number of benzene rings is 2. The van der Waals surface area contributed by atoms with Gasteiger partial charge in [-0.1, -0.05) is 15.9 Å². The van der Waals surface area contributed by atoms with Crippen LogP contribution in [0.5, 0.6) is 11.5 Å². The number of nitrogens with one attached hydrogen (secondary N) is 1. The Morgan fingerprint density at radius 2 is 1.95 bits per heavy atom. The molecule has 0 saturated carbocycles. The van der Waals surface area contributed by atoms with Gasteiger partial charge in [-0.05, 0) is 48.9 Å². The number of ether oxygens (including phenoxy) is 1. The molecule has 0 fully saturated rings. The molecule has 2 rings (SSSR count). The third kappa shape index (κ3) is 3.12. The third-order valence-corrected chi connectivity index (χ3v) is 3.08. The van der Waals surface area contributed by atoms with Crippen LogP contribution in [-0.4, -0.2) is 5.84 Å². The first kappa shape index (κ1) is 13.5. The van der Waals surface area contributed by atoms with Crippen LogP contribution in [0.4, 0.5) is 4.39 Å². The summed E-state index contributed by atoms with van der Waals surface area (Å²) in [5.41, 5.74) is 6.68. The topological polar surface area (TPSA) is 59.1 Å². The second kappa shape index (κ2) is 5.40. The Kier molecular flexibility index (Phi) is 3.85. The first-order valence-electron chi connectivity index (χ1n) is 5.55. The van der Waals surface area contributed by atoms with Gasteiger partial charge in [-0.3, -0.25) is 5.41 Å². The van der Waals surface area contributed by atoms with Gasteiger partial charge in [0.2, 0.25) is 0 Å². The minimum atomic E-state index is -0.314. The number of nitrogen functional groups attached to an aromatic ring is 1. The molecule has 3 nitrogen and oxygen atoms in total. The van der Waals surface area contributed by atoms with Crippen molar-refractivity contribution in [3.05, 3.63) is 57.8 Å². The van der Waals surface area contributed by atoms with Crippen LogP contribution in [0.15, 0.2) is 40.9 Å². The zero-order chi connectivity index (χ0) is 14.0. The lowest BCUT2D eigenvalue weighted by atomic mass is 10.1. The Bertz CT molecular complexity index is 643. The van der Waals surface area contributed by atoms with Crippen LogP contribution in [-0.2, 0) is 0 Å². The minimum absolute atomic E-state index is 0.0812. The van der Waals surface area contributed by atoms with Crippen LogP contribution in [0.3, 0.4) is 0 Å². The van der Waals surface area contributed by atoms with E-state index in [2.05, 4.69) is 15.9 Å². The number of hydrogen-bond donors (Lipinski definition) is 2. The molecule has 0 unspecified atom stereocenters. The molecule has 0 heterocycles. The van der Waals surface area contributed by atoms with Crippen molar-refractivity contribution in [3.63, 3.8) is 0 Å². The van der Waals surface area contributed by atoms with Gasteiger partial charge in [-0.2, -0.15) is 0 Å². The molecule has 0 saturated heterocycles. The van der Waals surface area contributed by atoms with Crippen LogP contribution >= 0.6 is 15.9 Å². The van der Waals surface area contributed by atoms with E-state index in [0.717, 1.165) is 4.47 Å². The fourth-order valence-corrected chi connectivity index (χ4v) is 1.99. The number of rotatable bonds is 3. The number of halogens is 2. The molecule has 98 valence electrons. The van der Waals surface area contributed by atoms with E-state index in [9.17, 15) is 4.39 Å². The van der Waals surface area contributed by atoms with E-state index in [1.54, 1.807) is 31.2 Å². The second-order valence-electron chi connectivity index (χ2n) is 4.07. The molecule has 2 aromatic rings. The van der Waals surface area contributed by atoms with Gasteiger partial charge in [0.05, 0.1) is 5.56 Å². The molecule has 19 heavy (non-hydrogen) atoms. The lowest BCUT2D eigenvalue weighted by Crippen LogP contribution is -2.12. The summed E-state index contributed by atoms with van der Waals surface area (Å²) in [7, 11) is 0. The summed E-state index contributed by atoms with van der Waals surface area (Å²) in [5.74, 6) is 0.590. The molecule has 0 bridgehead atoms. The van der Waals surface area contributed by atoms with Crippen LogP contribution in [0.1, 0.15) is 11.1 Å². The maximum atomic E-state index is 13.0. The summed E-state index contributed by atoms with van der Waals surface area (Å²) in [4.78, 5) is 0. The predicted octanol–water partition coefficient (Wildman–Crippen LogP) is 3.97. The van der Waals surface area contributed by atoms with Gasteiger partial charge >= 0.3 is 0 Å². The van der Waals surface area contributed by atoms with Gasteiger partial charge in [-0.25, -0.2) is 4.39 Å². The van der Waals surface area contributed by atoms with E-state index in [1.165, 1.54) is 12.1 Å². The molecule has 0 radical (unpaired) electrons. The number of aryl methyl sites for hydroxylation is 1. The fraction of sp³-hybridized carbons (Fsp3) is 0.0714. The lowest BCUT2D eigenvalue weighted by Gasteiger charge is -2.12. The number of amidine groups is 1. The smallest absolute Gasteiger partial charge is 0.139 e. The maximum absolute atomic E-state index is 13.0. The van der Waals surface area contributed by atoms with E-state index >= 15 is 0 Å². The Morgan fingerprint density at radius 3 is 2.58 bits per heavy atom. The molecule has 0 aliphatic carbocycles. The molecule has 0 spiro atoms. The normalized spacial score (nSPS) is 10.3. The highest BCUT2D eigenvalue weighted by Crippen LogP contribution is 2.30.